The predicted octanol–water partition coefficient (Wildman–Crippen LogP) is -0.778. The highest BCUT2D eigenvalue weighted by Crippen LogP contribution is 1.80. The number of carbonyl (C=O) groups is 2. The minimum absolute atomic E-state index is 0.0794. The Balaban J connectivity index is 3.54. The van der Waals surface area contributed by atoms with Gasteiger partial charge < -0.3 is 9.84 Å². The van der Waals surface area contributed by atoms with Crippen LogP contribution in [0, 0.1) is 0 Å². The minimum atomic E-state index is -0.992. The Morgan fingerprint density at radius 1 is 1.64 bits per heavy atom. The molecule has 2 N–H and O–H groups in total. The van der Waals surface area contributed by atoms with Gasteiger partial charge in [-0.3, -0.25) is 14.9 Å². The number of ether oxygens (including phenoxy) is 1. The lowest BCUT2D eigenvalue weighted by molar-refractivity contribution is -0.141. The predicted molar refractivity (Wildman–Crippen MR) is 37.1 cm³/mol. The summed E-state index contributed by atoms with van der Waals surface area (Å²) in [7, 11) is 1.25. The van der Waals surface area contributed by atoms with E-state index in [-0.39, 0.29) is 6.54 Å². The van der Waals surface area contributed by atoms with Crippen LogP contribution in [0.5, 0.6) is 0 Å². The molecule has 0 saturated carbocycles. The highest BCUT2D eigenvalue weighted by molar-refractivity contribution is 5.75. The maximum absolute atomic E-state index is 10.5. The van der Waals surface area contributed by atoms with E-state index < -0.39 is 18.0 Å². The summed E-state index contributed by atoms with van der Waals surface area (Å²) in [5.41, 5.74) is 0. The quantitative estimate of drug-likeness (QED) is 0.529. The number of carboxylic acids is 1. The largest absolute Gasteiger partial charge is 0.480 e. The normalized spacial score (nSPS) is 12.2. The molecule has 5 nitrogen and oxygen atoms in total. The monoisotopic (exact) mass is 161 g/mol. The molecule has 0 aliphatic rings. The first-order valence-corrected chi connectivity index (χ1v) is 3.11. The maximum Gasteiger partial charge on any atom is 0.320 e. The Labute approximate surface area is 64.3 Å². The van der Waals surface area contributed by atoms with Crippen LogP contribution in [0.25, 0.3) is 0 Å². The van der Waals surface area contributed by atoms with Gasteiger partial charge in [0.25, 0.3) is 0 Å². The van der Waals surface area contributed by atoms with Crippen molar-refractivity contribution in [3.8, 4) is 0 Å². The van der Waals surface area contributed by atoms with Crippen molar-refractivity contribution >= 4 is 11.9 Å². The van der Waals surface area contributed by atoms with E-state index in [9.17, 15) is 9.59 Å². The van der Waals surface area contributed by atoms with E-state index in [0.717, 1.165) is 0 Å². The first-order chi connectivity index (χ1) is 5.07. The van der Waals surface area contributed by atoms with E-state index in [0.29, 0.717) is 0 Å². The number of hydrogen-bond acceptors (Lipinski definition) is 4. The average Bonchev–Trinajstić information content (AvgIpc) is 1.99. The maximum atomic E-state index is 10.5. The summed E-state index contributed by atoms with van der Waals surface area (Å²) in [6, 6.07) is -0.728. The van der Waals surface area contributed by atoms with Crippen molar-refractivity contribution in [1.82, 2.24) is 5.32 Å². The lowest BCUT2D eigenvalue weighted by Gasteiger charge is -2.06. The summed E-state index contributed by atoms with van der Waals surface area (Å²) in [6.45, 7) is 1.37. The van der Waals surface area contributed by atoms with Crippen LogP contribution in [0.1, 0.15) is 6.92 Å². The standard InChI is InChI=1S/C6H11NO4/c1-4(6(9)10)7-3-5(8)11-2/h4,7H,3H2,1-2H3,(H,9,10)/t4-/m0/s1. The van der Waals surface area contributed by atoms with Crippen LogP contribution >= 0.6 is 0 Å². The fraction of sp³-hybridized carbons (Fsp3) is 0.667. The van der Waals surface area contributed by atoms with E-state index in [2.05, 4.69) is 10.1 Å². The minimum Gasteiger partial charge on any atom is -0.480 e. The van der Waals surface area contributed by atoms with Crippen LogP contribution in [0.2, 0.25) is 0 Å². The molecule has 0 fully saturated rings. The van der Waals surface area contributed by atoms with Gasteiger partial charge >= 0.3 is 11.9 Å². The molecular weight excluding hydrogens is 150 g/mol. The third-order valence-corrected chi connectivity index (χ3v) is 1.15. The average molecular weight is 161 g/mol. The van der Waals surface area contributed by atoms with E-state index >= 15 is 0 Å². The number of hydrogen-bond donors (Lipinski definition) is 2. The summed E-state index contributed by atoms with van der Waals surface area (Å²) in [5, 5.41) is 10.8. The Bertz CT molecular complexity index is 157. The van der Waals surface area contributed by atoms with Crippen LogP contribution < -0.4 is 5.32 Å². The number of rotatable bonds is 4. The van der Waals surface area contributed by atoms with Crippen molar-refractivity contribution < 1.29 is 19.4 Å². The van der Waals surface area contributed by atoms with E-state index in [1.807, 2.05) is 0 Å². The van der Waals surface area contributed by atoms with Gasteiger partial charge in [0.15, 0.2) is 0 Å². The van der Waals surface area contributed by atoms with Gasteiger partial charge in [0.2, 0.25) is 0 Å². The molecule has 0 saturated heterocycles. The molecule has 5 heteroatoms. The third kappa shape index (κ3) is 4.32. The highest BCUT2D eigenvalue weighted by Gasteiger charge is 2.10. The van der Waals surface area contributed by atoms with Crippen molar-refractivity contribution in [1.29, 1.82) is 0 Å². The van der Waals surface area contributed by atoms with Gasteiger partial charge in [-0.2, -0.15) is 0 Å². The Morgan fingerprint density at radius 2 is 2.18 bits per heavy atom. The Morgan fingerprint density at radius 3 is 2.55 bits per heavy atom. The summed E-state index contributed by atoms with van der Waals surface area (Å²) >= 11 is 0. The lowest BCUT2D eigenvalue weighted by Crippen LogP contribution is -2.37. The molecule has 0 amide bonds. The van der Waals surface area contributed by atoms with Gasteiger partial charge in [-0.15, -0.1) is 0 Å². The molecule has 11 heavy (non-hydrogen) atoms. The molecule has 0 aliphatic carbocycles. The van der Waals surface area contributed by atoms with Crippen LogP contribution in [0.3, 0.4) is 0 Å². The Hall–Kier alpha value is -1.10. The second-order valence-corrected chi connectivity index (χ2v) is 2.02. The second-order valence-electron chi connectivity index (χ2n) is 2.02. The number of nitrogens with one attached hydrogen (secondary N) is 1. The molecule has 0 aliphatic heterocycles. The van der Waals surface area contributed by atoms with Crippen molar-refractivity contribution in [2.45, 2.75) is 13.0 Å². The number of aliphatic carboxylic acids is 1. The first-order valence-electron chi connectivity index (χ1n) is 3.11. The van der Waals surface area contributed by atoms with Gasteiger partial charge in [0.05, 0.1) is 13.7 Å². The topological polar surface area (TPSA) is 75.6 Å². The van der Waals surface area contributed by atoms with Crippen LogP contribution in [-0.2, 0) is 14.3 Å². The lowest BCUT2D eigenvalue weighted by atomic mass is 10.3. The van der Waals surface area contributed by atoms with Gasteiger partial charge in [-0.1, -0.05) is 0 Å². The Kier molecular flexibility index (Phi) is 4.21. The summed E-state index contributed by atoms with van der Waals surface area (Å²) in [6.07, 6.45) is 0. The van der Waals surface area contributed by atoms with Crippen LogP contribution in [-0.4, -0.2) is 36.7 Å². The van der Waals surface area contributed by atoms with E-state index in [1.165, 1.54) is 14.0 Å². The SMILES string of the molecule is COC(=O)CN[C@@H](C)C(=O)O. The summed E-state index contributed by atoms with van der Waals surface area (Å²) in [5.74, 6) is -1.47. The number of carboxylic acid groups (broad SMARTS) is 1. The number of carbonyl (C=O) groups excluding carboxylic acids is 1. The molecule has 64 valence electrons. The molecule has 0 aromatic carbocycles. The summed E-state index contributed by atoms with van der Waals surface area (Å²) in [4.78, 5) is 20.6. The molecule has 0 heterocycles. The second kappa shape index (κ2) is 4.68. The molecule has 0 radical (unpaired) electrons. The van der Waals surface area contributed by atoms with E-state index in [4.69, 9.17) is 5.11 Å². The van der Waals surface area contributed by atoms with Gasteiger partial charge in [-0.05, 0) is 6.92 Å². The number of methoxy groups -OCH3 is 1. The molecule has 0 spiro atoms. The van der Waals surface area contributed by atoms with Gasteiger partial charge in [0.1, 0.15) is 6.04 Å². The van der Waals surface area contributed by atoms with Crippen molar-refractivity contribution in [3.63, 3.8) is 0 Å². The highest BCUT2D eigenvalue weighted by atomic mass is 16.5. The molecule has 0 rings (SSSR count). The first kappa shape index (κ1) is 9.90. The molecule has 1 atom stereocenters. The molecular formula is C6H11NO4. The van der Waals surface area contributed by atoms with Gasteiger partial charge in [-0.25, -0.2) is 0 Å². The fourth-order valence-electron chi connectivity index (χ4n) is 0.396. The van der Waals surface area contributed by atoms with Gasteiger partial charge in [0, 0.05) is 0 Å². The zero-order chi connectivity index (χ0) is 8.85. The van der Waals surface area contributed by atoms with E-state index in [1.54, 1.807) is 0 Å². The zero-order valence-electron chi connectivity index (χ0n) is 6.46. The van der Waals surface area contributed by atoms with Crippen LogP contribution in [0.4, 0.5) is 0 Å². The number of esters is 1. The van der Waals surface area contributed by atoms with Crippen LogP contribution in [0.15, 0.2) is 0 Å². The molecule has 0 bridgehead atoms. The molecule has 0 aromatic rings. The van der Waals surface area contributed by atoms with Crippen molar-refractivity contribution in [2.75, 3.05) is 13.7 Å². The zero-order valence-corrected chi connectivity index (χ0v) is 6.46. The smallest absolute Gasteiger partial charge is 0.320 e. The molecule has 0 unspecified atom stereocenters. The molecule has 0 aromatic heterocycles. The summed E-state index contributed by atoms with van der Waals surface area (Å²) < 4.78 is 4.29. The third-order valence-electron chi connectivity index (χ3n) is 1.15. The fourth-order valence-corrected chi connectivity index (χ4v) is 0.396. The van der Waals surface area contributed by atoms with Crippen molar-refractivity contribution in [3.05, 3.63) is 0 Å². The van der Waals surface area contributed by atoms with Crippen molar-refractivity contribution in [2.24, 2.45) is 0 Å².